The van der Waals surface area contributed by atoms with Crippen LogP contribution in [0.3, 0.4) is 0 Å². The smallest absolute Gasteiger partial charge is 0.435 e. The van der Waals surface area contributed by atoms with Crippen LogP contribution in [0.2, 0.25) is 0 Å². The topological polar surface area (TPSA) is 37.3 Å². The molecule has 0 aliphatic rings. The van der Waals surface area contributed by atoms with Crippen molar-refractivity contribution in [1.82, 2.24) is 0 Å². The third-order valence-electron chi connectivity index (χ3n) is 4.21. The first kappa shape index (κ1) is 30.3. The number of benzene rings is 1. The summed E-state index contributed by atoms with van der Waals surface area (Å²) in [4.78, 5) is 10.7. The van der Waals surface area contributed by atoms with Gasteiger partial charge < -0.3 is 5.11 Å². The van der Waals surface area contributed by atoms with Crippen LogP contribution in [-0.4, -0.2) is 53.3 Å². The van der Waals surface area contributed by atoms with Gasteiger partial charge in [0.05, 0.1) is 16.7 Å². The van der Waals surface area contributed by atoms with Gasteiger partial charge in [0.15, 0.2) is 0 Å². The highest BCUT2D eigenvalue weighted by Crippen LogP contribution is 2.64. The molecule has 1 aromatic rings. The molecule has 0 saturated carbocycles. The fourth-order valence-corrected chi connectivity index (χ4v) is 2.70. The summed E-state index contributed by atoms with van der Waals surface area (Å²) < 4.78 is 227. The Balaban J connectivity index is 4.68. The Kier molecular flexibility index (Phi) is 7.28. The van der Waals surface area contributed by atoms with Crippen molar-refractivity contribution in [3.8, 4) is 0 Å². The van der Waals surface area contributed by atoms with E-state index in [2.05, 4.69) is 0 Å². The van der Waals surface area contributed by atoms with Gasteiger partial charge in [-0.05, 0) is 17.7 Å². The molecular formula is C16H5F17O2. The van der Waals surface area contributed by atoms with E-state index in [0.29, 0.717) is 0 Å². The number of carboxylic acid groups (broad SMARTS) is 1. The predicted molar refractivity (Wildman–Crippen MR) is 78.3 cm³/mol. The fraction of sp³-hybridized carbons (Fsp3) is 0.438. The first-order valence-corrected chi connectivity index (χ1v) is 7.96. The van der Waals surface area contributed by atoms with E-state index < -0.39 is 82.6 Å². The second-order valence-electron chi connectivity index (χ2n) is 6.44. The minimum absolute atomic E-state index is 0.108. The second-order valence-corrected chi connectivity index (χ2v) is 6.44. The summed E-state index contributed by atoms with van der Waals surface area (Å²) in [6.07, 6.45) is -39.4. The SMILES string of the molecule is O=C(O)c1ccc(C(=C(C(F)(C(F)(F)F)C(F)(F)F)C(F)(C(F)(F)F)C(F)(F)F)C(F)(F)F)cc1. The molecule has 0 radical (unpaired) electrons. The molecule has 0 fully saturated rings. The average Bonchev–Trinajstić information content (AvgIpc) is 2.60. The summed E-state index contributed by atoms with van der Waals surface area (Å²) in [6.45, 7) is 0. The van der Waals surface area contributed by atoms with E-state index in [1.165, 1.54) is 0 Å². The maximum atomic E-state index is 14.6. The number of rotatable bonds is 4. The number of alkyl halides is 17. The van der Waals surface area contributed by atoms with E-state index >= 15 is 0 Å². The zero-order chi connectivity index (χ0) is 28.2. The Bertz CT molecular complexity index is 902. The number of carbonyl (C=O) groups is 1. The molecule has 0 amide bonds. The maximum Gasteiger partial charge on any atom is 0.435 e. The van der Waals surface area contributed by atoms with Crippen LogP contribution in [-0.2, 0) is 0 Å². The largest absolute Gasteiger partial charge is 0.478 e. The minimum Gasteiger partial charge on any atom is -0.478 e. The van der Waals surface area contributed by atoms with E-state index in [1.54, 1.807) is 0 Å². The predicted octanol–water partition coefficient (Wildman–Crippen LogP) is 7.37. The third kappa shape index (κ3) is 4.98. The van der Waals surface area contributed by atoms with Gasteiger partial charge in [-0.1, -0.05) is 12.1 Å². The van der Waals surface area contributed by atoms with Crippen LogP contribution >= 0.6 is 0 Å². The Morgan fingerprint density at radius 1 is 0.514 bits per heavy atom. The lowest BCUT2D eigenvalue weighted by atomic mass is 9.76. The van der Waals surface area contributed by atoms with Gasteiger partial charge in [-0.2, -0.15) is 65.9 Å². The lowest BCUT2D eigenvalue weighted by molar-refractivity contribution is -0.363. The van der Waals surface area contributed by atoms with Crippen molar-refractivity contribution >= 4 is 11.5 Å². The molecule has 35 heavy (non-hydrogen) atoms. The molecule has 0 heterocycles. The van der Waals surface area contributed by atoms with Crippen LogP contribution in [0.25, 0.3) is 5.57 Å². The third-order valence-corrected chi connectivity index (χ3v) is 4.21. The maximum absolute atomic E-state index is 14.6. The molecule has 1 aromatic carbocycles. The number of halogens is 17. The zero-order valence-electron chi connectivity index (χ0n) is 15.6. The molecule has 1 rings (SSSR count). The Morgan fingerprint density at radius 2 is 0.771 bits per heavy atom. The number of carboxylic acids is 1. The van der Waals surface area contributed by atoms with E-state index in [0.717, 1.165) is 0 Å². The van der Waals surface area contributed by atoms with Gasteiger partial charge in [0, 0.05) is 0 Å². The van der Waals surface area contributed by atoms with Crippen molar-refractivity contribution in [3.63, 3.8) is 0 Å². The Morgan fingerprint density at radius 3 is 0.971 bits per heavy atom. The van der Waals surface area contributed by atoms with Gasteiger partial charge in [-0.25, -0.2) is 13.6 Å². The summed E-state index contributed by atoms with van der Waals surface area (Å²) in [6, 6.07) is -1.20. The van der Waals surface area contributed by atoms with E-state index in [-0.39, 0.29) is 12.1 Å². The second kappa shape index (κ2) is 8.42. The van der Waals surface area contributed by atoms with Crippen LogP contribution in [0, 0.1) is 0 Å². The van der Waals surface area contributed by atoms with E-state index in [1.807, 2.05) is 0 Å². The highest BCUT2D eigenvalue weighted by atomic mass is 19.4. The van der Waals surface area contributed by atoms with Gasteiger partial charge in [0.2, 0.25) is 0 Å². The van der Waals surface area contributed by atoms with E-state index in [9.17, 15) is 79.4 Å². The van der Waals surface area contributed by atoms with Crippen molar-refractivity contribution in [2.24, 2.45) is 0 Å². The highest BCUT2D eigenvalue weighted by Gasteiger charge is 2.87. The molecule has 200 valence electrons. The molecule has 2 nitrogen and oxygen atoms in total. The molecule has 0 aliphatic heterocycles. The van der Waals surface area contributed by atoms with Gasteiger partial charge in [-0.15, -0.1) is 0 Å². The van der Waals surface area contributed by atoms with Gasteiger partial charge in [0.25, 0.3) is 0 Å². The van der Waals surface area contributed by atoms with Gasteiger partial charge >= 0.3 is 48.2 Å². The molecule has 0 saturated heterocycles. The quantitative estimate of drug-likeness (QED) is 0.397. The summed E-state index contributed by atoms with van der Waals surface area (Å²) in [5.41, 5.74) is -29.8. The molecular weight excluding hydrogens is 547 g/mol. The number of hydrogen-bond donors (Lipinski definition) is 1. The number of aromatic carboxylic acids is 1. The molecule has 0 spiro atoms. The van der Waals surface area contributed by atoms with Crippen LogP contribution in [0.4, 0.5) is 74.6 Å². The van der Waals surface area contributed by atoms with Crippen molar-refractivity contribution < 1.29 is 84.5 Å². The molecule has 0 bridgehead atoms. The monoisotopic (exact) mass is 552 g/mol. The fourth-order valence-electron chi connectivity index (χ4n) is 2.70. The Labute approximate surface area is 180 Å². The first-order chi connectivity index (χ1) is 15.2. The zero-order valence-corrected chi connectivity index (χ0v) is 15.6. The van der Waals surface area contributed by atoms with E-state index in [4.69, 9.17) is 5.11 Å². The summed E-state index contributed by atoms with van der Waals surface area (Å²) in [5.74, 6) is -2.04. The van der Waals surface area contributed by atoms with Crippen LogP contribution in [0.15, 0.2) is 29.8 Å². The van der Waals surface area contributed by atoms with Gasteiger partial charge in [-0.3, -0.25) is 0 Å². The summed E-state index contributed by atoms with van der Waals surface area (Å²) in [5, 5.41) is 8.62. The van der Waals surface area contributed by atoms with Crippen molar-refractivity contribution in [2.75, 3.05) is 0 Å². The molecule has 0 unspecified atom stereocenters. The highest BCUT2D eigenvalue weighted by molar-refractivity contribution is 5.88. The molecule has 0 aliphatic carbocycles. The Hall–Kier alpha value is -2.76. The lowest BCUT2D eigenvalue weighted by Gasteiger charge is -2.41. The van der Waals surface area contributed by atoms with Crippen LogP contribution < -0.4 is 0 Å². The molecule has 19 heteroatoms. The summed E-state index contributed by atoms with van der Waals surface area (Å²) in [7, 11) is 0. The average molecular weight is 552 g/mol. The van der Waals surface area contributed by atoms with Crippen molar-refractivity contribution in [1.29, 1.82) is 0 Å². The van der Waals surface area contributed by atoms with Gasteiger partial charge in [0.1, 0.15) is 0 Å². The normalized spacial score (nSPS) is 14.7. The van der Waals surface area contributed by atoms with Crippen LogP contribution in [0.5, 0.6) is 0 Å². The molecule has 0 atom stereocenters. The number of allylic oxidation sites excluding steroid dienone is 2. The standard InChI is InChI=1S/C16H5F17O2/c17-10(13(22,23)24,14(25,26)27)8(11(18,15(28,29)30)16(31,32)33)7(12(19,20)21)5-1-3-6(4-2-5)9(34)35/h1-4H,(H,34,35). The van der Waals surface area contributed by atoms with Crippen molar-refractivity contribution in [2.45, 2.75) is 42.2 Å². The molecule has 0 aromatic heterocycles. The number of hydrogen-bond acceptors (Lipinski definition) is 1. The first-order valence-electron chi connectivity index (χ1n) is 7.96. The lowest BCUT2D eigenvalue weighted by Crippen LogP contribution is -2.66. The summed E-state index contributed by atoms with van der Waals surface area (Å²) >= 11 is 0. The minimum atomic E-state index is -8.21. The molecule has 1 N–H and O–H groups in total. The van der Waals surface area contributed by atoms with Crippen molar-refractivity contribution in [3.05, 3.63) is 41.0 Å². The van der Waals surface area contributed by atoms with Crippen LogP contribution in [0.1, 0.15) is 15.9 Å².